The van der Waals surface area contributed by atoms with Crippen LogP contribution in [0.25, 0.3) is 33.1 Å². The number of anilines is 3. The lowest BCUT2D eigenvalue weighted by Gasteiger charge is -2.37. The van der Waals surface area contributed by atoms with Crippen molar-refractivity contribution in [3.63, 3.8) is 0 Å². The number of fused-ring (bicyclic) bond motifs is 2. The summed E-state index contributed by atoms with van der Waals surface area (Å²) >= 11 is 6.96. The van der Waals surface area contributed by atoms with E-state index in [-0.39, 0.29) is 17.8 Å². The summed E-state index contributed by atoms with van der Waals surface area (Å²) in [5.74, 6) is 1.03. The number of amides is 4. The number of carbonyl (C=O) groups is 3. The van der Waals surface area contributed by atoms with Gasteiger partial charge in [-0.25, -0.2) is 14.8 Å². The minimum Gasteiger partial charge on any atom is -0.369 e. The van der Waals surface area contributed by atoms with Crippen molar-refractivity contribution < 1.29 is 14.4 Å². The van der Waals surface area contributed by atoms with Gasteiger partial charge < -0.3 is 9.88 Å². The molecule has 0 radical (unpaired) electrons. The third-order valence-electron chi connectivity index (χ3n) is 11.1. The SMILES string of the molecule is O=C1CCN(c2cccc3cc(N4CCN(CCCN5CCN(c6cccc(-c7cnc8[nH]cc(C9CC9)c8c7Cl)n6)C(=O)C5)CC4)ccc23)C(=O)N1. The zero-order valence-electron chi connectivity index (χ0n) is 29.6. The number of nitrogens with zero attached hydrogens (tertiary/aromatic N) is 7. The van der Waals surface area contributed by atoms with Crippen LogP contribution in [0.1, 0.15) is 37.2 Å². The average molecular weight is 732 g/mol. The van der Waals surface area contributed by atoms with E-state index >= 15 is 0 Å². The molecule has 2 aromatic carbocycles. The molecule has 6 heterocycles. The van der Waals surface area contributed by atoms with Crippen LogP contribution in [-0.2, 0) is 9.59 Å². The van der Waals surface area contributed by atoms with Gasteiger partial charge in [-0.3, -0.25) is 34.5 Å². The molecule has 53 heavy (non-hydrogen) atoms. The number of hydrogen-bond acceptors (Lipinski definition) is 8. The van der Waals surface area contributed by atoms with Gasteiger partial charge in [0, 0.05) is 86.7 Å². The number of pyridine rings is 2. The van der Waals surface area contributed by atoms with Crippen molar-refractivity contribution in [1.82, 2.24) is 30.1 Å². The molecule has 0 spiro atoms. The molecule has 3 saturated heterocycles. The molecule has 4 amide bonds. The Morgan fingerprint density at radius 3 is 2.47 bits per heavy atom. The number of imide groups is 1. The summed E-state index contributed by atoms with van der Waals surface area (Å²) in [5, 5.41) is 6.14. The van der Waals surface area contributed by atoms with Gasteiger partial charge in [-0.1, -0.05) is 35.9 Å². The second-order valence-electron chi connectivity index (χ2n) is 14.6. The van der Waals surface area contributed by atoms with Crippen molar-refractivity contribution in [3.05, 3.63) is 77.6 Å². The lowest BCUT2D eigenvalue weighted by atomic mass is 10.1. The number of nitrogens with one attached hydrogen (secondary N) is 2. The van der Waals surface area contributed by atoms with Gasteiger partial charge in [-0.15, -0.1) is 0 Å². The molecule has 0 unspecified atom stereocenters. The Morgan fingerprint density at radius 2 is 1.66 bits per heavy atom. The summed E-state index contributed by atoms with van der Waals surface area (Å²) in [6.45, 7) is 7.88. The third-order valence-corrected chi connectivity index (χ3v) is 11.5. The van der Waals surface area contributed by atoms with Gasteiger partial charge in [-0.05, 0) is 79.6 Å². The van der Waals surface area contributed by atoms with Crippen LogP contribution in [0, 0.1) is 0 Å². The first-order valence-electron chi connectivity index (χ1n) is 18.7. The number of rotatable bonds is 9. The van der Waals surface area contributed by atoms with Crippen molar-refractivity contribution in [3.8, 4) is 11.3 Å². The van der Waals surface area contributed by atoms with E-state index in [9.17, 15) is 14.4 Å². The highest BCUT2D eigenvalue weighted by Crippen LogP contribution is 2.46. The minimum absolute atomic E-state index is 0.0626. The molecule has 13 heteroatoms. The predicted molar refractivity (Wildman–Crippen MR) is 208 cm³/mol. The molecule has 12 nitrogen and oxygen atoms in total. The van der Waals surface area contributed by atoms with Gasteiger partial charge in [0.1, 0.15) is 11.5 Å². The molecule has 0 atom stereocenters. The largest absolute Gasteiger partial charge is 0.369 e. The highest BCUT2D eigenvalue weighted by molar-refractivity contribution is 6.38. The summed E-state index contributed by atoms with van der Waals surface area (Å²) in [5.41, 5.74) is 5.53. The molecule has 0 bridgehead atoms. The number of piperazine rings is 2. The molecule has 9 rings (SSSR count). The van der Waals surface area contributed by atoms with Crippen LogP contribution in [0.4, 0.5) is 22.0 Å². The first kappa shape index (κ1) is 33.8. The Labute approximate surface area is 312 Å². The van der Waals surface area contributed by atoms with Gasteiger partial charge >= 0.3 is 6.03 Å². The van der Waals surface area contributed by atoms with Gasteiger partial charge in [0.2, 0.25) is 11.8 Å². The predicted octanol–water partition coefficient (Wildman–Crippen LogP) is 5.62. The molecular formula is C40H42ClN9O3. The third kappa shape index (κ3) is 6.71. The van der Waals surface area contributed by atoms with Crippen molar-refractivity contribution in [1.29, 1.82) is 0 Å². The van der Waals surface area contributed by atoms with E-state index in [4.69, 9.17) is 16.6 Å². The van der Waals surface area contributed by atoms with Crippen molar-refractivity contribution >= 4 is 68.4 Å². The zero-order chi connectivity index (χ0) is 36.1. The number of carbonyl (C=O) groups excluding carboxylic acids is 3. The summed E-state index contributed by atoms with van der Waals surface area (Å²) in [6, 6.07) is 17.8. The van der Waals surface area contributed by atoms with Crippen LogP contribution in [0.5, 0.6) is 0 Å². The number of urea groups is 1. The summed E-state index contributed by atoms with van der Waals surface area (Å²) in [4.78, 5) is 61.0. The average Bonchev–Trinajstić information content (AvgIpc) is 3.93. The van der Waals surface area contributed by atoms with E-state index in [1.807, 2.05) is 36.5 Å². The van der Waals surface area contributed by atoms with Crippen LogP contribution in [0.2, 0.25) is 5.02 Å². The van der Waals surface area contributed by atoms with E-state index in [0.29, 0.717) is 42.8 Å². The number of aromatic nitrogens is 3. The standard InChI is InChI=1S/C40H42ClN9O3/c41-38-31(24-43-39-37(38)30(23-42-39)26-8-9-26)32-5-2-7-34(44-32)50-21-18-47(25-36(50)52)14-3-13-46-16-19-48(20-17-46)28-10-11-29-27(22-28)4-1-6-33(29)49-15-12-35(51)45-40(49)53/h1-2,4-7,10-11,22-24,26H,3,8-9,12-21,25H2,(H,42,43)(H,45,51,53). The number of halogens is 1. The highest BCUT2D eigenvalue weighted by atomic mass is 35.5. The molecule has 3 aliphatic heterocycles. The van der Waals surface area contributed by atoms with Crippen LogP contribution >= 0.6 is 11.6 Å². The summed E-state index contributed by atoms with van der Waals surface area (Å²) in [7, 11) is 0. The quantitative estimate of drug-likeness (QED) is 0.201. The molecule has 1 saturated carbocycles. The van der Waals surface area contributed by atoms with Crippen LogP contribution in [0.15, 0.2) is 67.0 Å². The van der Waals surface area contributed by atoms with E-state index in [2.05, 4.69) is 54.2 Å². The number of hydrogen-bond donors (Lipinski definition) is 2. The number of aromatic amines is 1. The fourth-order valence-electron chi connectivity index (χ4n) is 8.08. The molecule has 5 aromatic rings. The smallest absolute Gasteiger partial charge is 0.328 e. The normalized spacial score (nSPS) is 19.1. The first-order chi connectivity index (χ1) is 25.9. The monoisotopic (exact) mass is 731 g/mol. The molecule has 2 N–H and O–H groups in total. The Balaban J connectivity index is 0.763. The van der Waals surface area contributed by atoms with Crippen molar-refractivity contribution in [2.75, 3.05) is 80.1 Å². The maximum absolute atomic E-state index is 13.4. The number of H-pyrrole nitrogens is 1. The molecular weight excluding hydrogens is 690 g/mol. The molecule has 4 fully saturated rings. The fourth-order valence-corrected chi connectivity index (χ4v) is 8.43. The van der Waals surface area contributed by atoms with Crippen LogP contribution < -0.4 is 20.0 Å². The maximum atomic E-state index is 13.4. The van der Waals surface area contributed by atoms with E-state index < -0.39 is 0 Å². The minimum atomic E-state index is -0.366. The van der Waals surface area contributed by atoms with Crippen molar-refractivity contribution in [2.24, 2.45) is 0 Å². The van der Waals surface area contributed by atoms with E-state index in [1.165, 1.54) is 24.1 Å². The Kier molecular flexibility index (Phi) is 8.97. The topological polar surface area (TPSA) is 121 Å². The Morgan fingerprint density at radius 1 is 0.849 bits per heavy atom. The Hall–Kier alpha value is -5.04. The number of benzene rings is 2. The molecule has 3 aromatic heterocycles. The van der Waals surface area contributed by atoms with Gasteiger partial charge in [0.05, 0.1) is 22.9 Å². The second kappa shape index (κ2) is 14.1. The van der Waals surface area contributed by atoms with Crippen LogP contribution in [-0.4, -0.2) is 108 Å². The van der Waals surface area contributed by atoms with E-state index in [0.717, 1.165) is 91.0 Å². The second-order valence-corrected chi connectivity index (χ2v) is 14.9. The van der Waals surface area contributed by atoms with Crippen LogP contribution in [0.3, 0.4) is 0 Å². The van der Waals surface area contributed by atoms with Gasteiger partial charge in [-0.2, -0.15) is 0 Å². The molecule has 4 aliphatic rings. The summed E-state index contributed by atoms with van der Waals surface area (Å²) < 4.78 is 0. The molecule has 1 aliphatic carbocycles. The zero-order valence-corrected chi connectivity index (χ0v) is 30.3. The molecule has 272 valence electrons. The maximum Gasteiger partial charge on any atom is 0.328 e. The first-order valence-corrected chi connectivity index (χ1v) is 19.0. The lowest BCUT2D eigenvalue weighted by Crippen LogP contribution is -2.51. The fraction of sp³-hybridized carbons (Fsp3) is 0.375. The summed E-state index contributed by atoms with van der Waals surface area (Å²) in [6.07, 6.45) is 7.47. The van der Waals surface area contributed by atoms with Gasteiger partial charge in [0.25, 0.3) is 0 Å². The Bertz CT molecular complexity index is 2230. The van der Waals surface area contributed by atoms with Gasteiger partial charge in [0.15, 0.2) is 0 Å². The van der Waals surface area contributed by atoms with Crippen molar-refractivity contribution in [2.45, 2.75) is 31.6 Å². The highest BCUT2D eigenvalue weighted by Gasteiger charge is 2.30. The lowest BCUT2D eigenvalue weighted by molar-refractivity contribution is -0.121. The van der Waals surface area contributed by atoms with E-state index in [1.54, 1.807) is 16.0 Å².